The summed E-state index contributed by atoms with van der Waals surface area (Å²) in [7, 11) is 0. The zero-order valence-corrected chi connectivity index (χ0v) is 4.83. The molecule has 0 fully saturated rings. The molecule has 2 bridgehead atoms. The molecular formula is C7H6O2. The third-order valence-electron chi connectivity index (χ3n) is 1.26. The van der Waals surface area contributed by atoms with E-state index in [-0.39, 0.29) is 0 Å². The monoisotopic (exact) mass is 122 g/mol. The van der Waals surface area contributed by atoms with Gasteiger partial charge in [-0.2, -0.15) is 0 Å². The molecule has 2 rings (SSSR count). The third-order valence-corrected chi connectivity index (χ3v) is 1.26. The van der Waals surface area contributed by atoms with E-state index in [0.717, 1.165) is 11.5 Å². The summed E-state index contributed by atoms with van der Waals surface area (Å²) in [6.45, 7) is 0.349. The van der Waals surface area contributed by atoms with E-state index in [1.54, 1.807) is 0 Å². The molecule has 1 aromatic carbocycles. The molecule has 0 unspecified atom stereocenters. The average molecular weight is 122 g/mol. The van der Waals surface area contributed by atoms with Crippen molar-refractivity contribution in [2.75, 3.05) is 6.79 Å². The highest BCUT2D eigenvalue weighted by atomic mass is 16.7. The lowest BCUT2D eigenvalue weighted by molar-refractivity contribution is 0.105. The van der Waals surface area contributed by atoms with Crippen LogP contribution >= 0.6 is 0 Å². The third kappa shape index (κ3) is 0.721. The second-order valence-corrected chi connectivity index (χ2v) is 1.88. The summed E-state index contributed by atoms with van der Waals surface area (Å²) in [4.78, 5) is 0. The molecule has 1 aliphatic rings. The van der Waals surface area contributed by atoms with E-state index in [0.29, 0.717) is 6.79 Å². The van der Waals surface area contributed by atoms with Gasteiger partial charge in [0.1, 0.15) is 11.5 Å². The Bertz CT molecular complexity index is 201. The lowest BCUT2D eigenvalue weighted by Crippen LogP contribution is -2.09. The van der Waals surface area contributed by atoms with Gasteiger partial charge in [-0.3, -0.25) is 0 Å². The number of hydrogen-bond acceptors (Lipinski definition) is 2. The smallest absolute Gasteiger partial charge is 0.230 e. The van der Waals surface area contributed by atoms with E-state index in [2.05, 4.69) is 0 Å². The zero-order valence-electron chi connectivity index (χ0n) is 4.83. The van der Waals surface area contributed by atoms with Gasteiger partial charge in [0.15, 0.2) is 0 Å². The molecule has 0 saturated carbocycles. The van der Waals surface area contributed by atoms with Crippen LogP contribution in [0.2, 0.25) is 0 Å². The Kier molecular flexibility index (Phi) is 0.859. The number of ether oxygens (including phenoxy) is 2. The first-order valence-corrected chi connectivity index (χ1v) is 2.81. The summed E-state index contributed by atoms with van der Waals surface area (Å²) in [6.07, 6.45) is 0. The van der Waals surface area contributed by atoms with Crippen molar-refractivity contribution in [3.8, 4) is 11.5 Å². The van der Waals surface area contributed by atoms with Gasteiger partial charge in [-0.25, -0.2) is 0 Å². The van der Waals surface area contributed by atoms with E-state index >= 15 is 0 Å². The van der Waals surface area contributed by atoms with Crippen LogP contribution in [0.3, 0.4) is 0 Å². The molecule has 1 heterocycles. The van der Waals surface area contributed by atoms with E-state index < -0.39 is 0 Å². The summed E-state index contributed by atoms with van der Waals surface area (Å²) in [5.41, 5.74) is 0. The Labute approximate surface area is 53.0 Å². The van der Waals surface area contributed by atoms with Gasteiger partial charge >= 0.3 is 0 Å². The van der Waals surface area contributed by atoms with Gasteiger partial charge in [0, 0.05) is 6.07 Å². The molecule has 46 valence electrons. The van der Waals surface area contributed by atoms with Crippen LogP contribution in [-0.2, 0) is 0 Å². The van der Waals surface area contributed by atoms with Gasteiger partial charge in [-0.15, -0.1) is 0 Å². The summed E-state index contributed by atoms with van der Waals surface area (Å²) in [5, 5.41) is 0. The summed E-state index contributed by atoms with van der Waals surface area (Å²) in [5.74, 6) is 1.78. The topological polar surface area (TPSA) is 18.5 Å². The molecule has 1 aromatic rings. The minimum atomic E-state index is 0.349. The first-order valence-electron chi connectivity index (χ1n) is 2.81. The summed E-state index contributed by atoms with van der Waals surface area (Å²) < 4.78 is 10.1. The molecule has 0 aliphatic carbocycles. The van der Waals surface area contributed by atoms with Crippen LogP contribution in [0.25, 0.3) is 0 Å². The Morgan fingerprint density at radius 1 is 1.11 bits per heavy atom. The molecular weight excluding hydrogens is 116 g/mol. The fourth-order valence-corrected chi connectivity index (χ4v) is 0.819. The number of rotatable bonds is 0. The molecule has 1 aliphatic heterocycles. The first-order chi connectivity index (χ1) is 4.45. The van der Waals surface area contributed by atoms with Crippen molar-refractivity contribution in [2.45, 2.75) is 0 Å². The van der Waals surface area contributed by atoms with Crippen LogP contribution in [-0.4, -0.2) is 6.79 Å². The molecule has 2 heteroatoms. The van der Waals surface area contributed by atoms with Crippen LogP contribution in [0.15, 0.2) is 24.3 Å². The summed E-state index contributed by atoms with van der Waals surface area (Å²) in [6, 6.07) is 7.59. The van der Waals surface area contributed by atoms with E-state index in [9.17, 15) is 0 Å². The quantitative estimate of drug-likeness (QED) is 0.518. The molecule has 2 nitrogen and oxygen atoms in total. The van der Waals surface area contributed by atoms with Crippen molar-refractivity contribution in [2.24, 2.45) is 0 Å². The van der Waals surface area contributed by atoms with E-state index in [4.69, 9.17) is 9.47 Å². The average Bonchev–Trinajstić information content (AvgIpc) is 1.88. The molecule has 0 spiro atoms. The van der Waals surface area contributed by atoms with Gasteiger partial charge in [0.05, 0.1) is 0 Å². The minimum Gasteiger partial charge on any atom is -0.457 e. The van der Waals surface area contributed by atoms with Gasteiger partial charge in [-0.1, -0.05) is 6.07 Å². The molecule has 0 aromatic heterocycles. The predicted octanol–water partition coefficient (Wildman–Crippen LogP) is 1.42. The van der Waals surface area contributed by atoms with Crippen LogP contribution in [0.4, 0.5) is 0 Å². The fourth-order valence-electron chi connectivity index (χ4n) is 0.819. The molecule has 0 atom stereocenters. The van der Waals surface area contributed by atoms with Crippen molar-refractivity contribution in [3.05, 3.63) is 24.3 Å². The number of fused-ring (bicyclic) bond motifs is 2. The SMILES string of the molecule is c1cc2cc(c1)OCO2. The van der Waals surface area contributed by atoms with Gasteiger partial charge in [0.25, 0.3) is 0 Å². The number of hydrogen-bond donors (Lipinski definition) is 0. The van der Waals surface area contributed by atoms with Crippen molar-refractivity contribution in [1.82, 2.24) is 0 Å². The molecule has 0 N–H and O–H groups in total. The summed E-state index contributed by atoms with van der Waals surface area (Å²) >= 11 is 0. The van der Waals surface area contributed by atoms with Crippen molar-refractivity contribution < 1.29 is 9.47 Å². The van der Waals surface area contributed by atoms with Crippen molar-refractivity contribution in [3.63, 3.8) is 0 Å². The van der Waals surface area contributed by atoms with E-state index in [1.807, 2.05) is 24.3 Å². The highest BCUT2D eigenvalue weighted by molar-refractivity contribution is 5.34. The second-order valence-electron chi connectivity index (χ2n) is 1.88. The Morgan fingerprint density at radius 3 is 2.33 bits per heavy atom. The maximum Gasteiger partial charge on any atom is 0.230 e. The maximum atomic E-state index is 5.06. The normalized spacial score (nSPS) is 13.8. The standard InChI is InChI=1S/C7H6O2/c1-2-6-4-7(3-1)9-5-8-6/h1-4H,5H2. The Morgan fingerprint density at radius 2 is 1.78 bits per heavy atom. The second kappa shape index (κ2) is 1.65. The highest BCUT2D eigenvalue weighted by Crippen LogP contribution is 2.22. The largest absolute Gasteiger partial charge is 0.457 e. The predicted molar refractivity (Wildman–Crippen MR) is 32.6 cm³/mol. The fraction of sp³-hybridized carbons (Fsp3) is 0.143. The van der Waals surface area contributed by atoms with Crippen LogP contribution < -0.4 is 9.47 Å². The lowest BCUT2D eigenvalue weighted by atomic mass is 10.3. The van der Waals surface area contributed by atoms with E-state index in [1.165, 1.54) is 0 Å². The Hall–Kier alpha value is -1.18. The van der Waals surface area contributed by atoms with Crippen LogP contribution in [0.1, 0.15) is 0 Å². The molecule has 9 heavy (non-hydrogen) atoms. The lowest BCUT2D eigenvalue weighted by Gasteiger charge is -2.14. The van der Waals surface area contributed by atoms with Crippen molar-refractivity contribution in [1.29, 1.82) is 0 Å². The number of benzene rings is 1. The molecule has 0 amide bonds. The maximum absolute atomic E-state index is 5.06. The Balaban J connectivity index is 2.53. The van der Waals surface area contributed by atoms with Crippen LogP contribution in [0.5, 0.6) is 11.5 Å². The van der Waals surface area contributed by atoms with Gasteiger partial charge in [0.2, 0.25) is 6.79 Å². The molecule has 0 radical (unpaired) electrons. The highest BCUT2D eigenvalue weighted by Gasteiger charge is 2.02. The minimum absolute atomic E-state index is 0.349. The van der Waals surface area contributed by atoms with Crippen LogP contribution in [0, 0.1) is 0 Å². The van der Waals surface area contributed by atoms with Gasteiger partial charge in [-0.05, 0) is 12.1 Å². The first kappa shape index (κ1) is 4.68. The zero-order chi connectivity index (χ0) is 6.10. The van der Waals surface area contributed by atoms with Gasteiger partial charge < -0.3 is 9.47 Å². The van der Waals surface area contributed by atoms with Crippen molar-refractivity contribution >= 4 is 0 Å². The molecule has 0 saturated heterocycles.